The number of rotatable bonds is 7. The van der Waals surface area contributed by atoms with Gasteiger partial charge < -0.3 is 10.6 Å². The third-order valence-corrected chi connectivity index (χ3v) is 3.63. The first kappa shape index (κ1) is 19.5. The van der Waals surface area contributed by atoms with E-state index >= 15 is 0 Å². The fraction of sp³-hybridized carbons (Fsp3) is 0.263. The smallest absolute Gasteiger partial charge is 0.356 e. The zero-order valence-corrected chi connectivity index (χ0v) is 14.0. The minimum absolute atomic E-state index is 0.359. The molecule has 0 aliphatic rings. The van der Waals surface area contributed by atoms with Crippen LogP contribution < -0.4 is 10.6 Å². The van der Waals surface area contributed by atoms with Gasteiger partial charge in [-0.15, -0.1) is 0 Å². The van der Waals surface area contributed by atoms with Gasteiger partial charge in [-0.1, -0.05) is 42.5 Å². The highest BCUT2D eigenvalue weighted by Gasteiger charge is 2.33. The maximum absolute atomic E-state index is 12.9. The molecule has 0 aliphatic carbocycles. The molecule has 2 amide bonds. The van der Waals surface area contributed by atoms with Crippen LogP contribution in [0.25, 0.3) is 0 Å². The molecule has 0 saturated carbocycles. The molecule has 0 aromatic heterocycles. The topological polar surface area (TPSA) is 58.2 Å². The van der Waals surface area contributed by atoms with E-state index in [1.165, 1.54) is 12.1 Å². The van der Waals surface area contributed by atoms with Gasteiger partial charge in [0.25, 0.3) is 0 Å². The van der Waals surface area contributed by atoms with Crippen LogP contribution in [0.5, 0.6) is 0 Å². The highest BCUT2D eigenvalue weighted by atomic mass is 19.4. The Hall–Kier alpha value is -2.83. The number of benzene rings is 2. The van der Waals surface area contributed by atoms with Gasteiger partial charge in [0, 0.05) is 6.54 Å². The van der Waals surface area contributed by atoms with Crippen molar-refractivity contribution in [2.45, 2.75) is 25.4 Å². The molecule has 4 nitrogen and oxygen atoms in total. The number of aryl methyl sites for hydroxylation is 1. The molecule has 0 radical (unpaired) electrons. The van der Waals surface area contributed by atoms with Gasteiger partial charge in [-0.25, -0.2) is 0 Å². The van der Waals surface area contributed by atoms with Crippen molar-refractivity contribution in [2.75, 3.05) is 11.9 Å². The van der Waals surface area contributed by atoms with E-state index in [0.717, 1.165) is 24.1 Å². The highest BCUT2D eigenvalue weighted by molar-refractivity contribution is 6.03. The first-order chi connectivity index (χ1) is 12.4. The number of carbonyl (C=O) groups excluding carboxylic acids is 2. The van der Waals surface area contributed by atoms with Gasteiger partial charge in [0.05, 0.1) is 11.3 Å². The van der Waals surface area contributed by atoms with Crippen molar-refractivity contribution in [3.05, 3.63) is 65.7 Å². The van der Waals surface area contributed by atoms with Crippen LogP contribution in [0.4, 0.5) is 18.9 Å². The third-order valence-electron chi connectivity index (χ3n) is 3.63. The van der Waals surface area contributed by atoms with Gasteiger partial charge in [-0.2, -0.15) is 13.2 Å². The van der Waals surface area contributed by atoms with E-state index in [9.17, 15) is 22.8 Å². The lowest BCUT2D eigenvalue weighted by Gasteiger charge is -2.13. The summed E-state index contributed by atoms with van der Waals surface area (Å²) in [4.78, 5) is 23.6. The van der Waals surface area contributed by atoms with E-state index in [2.05, 4.69) is 10.6 Å². The lowest BCUT2D eigenvalue weighted by atomic mass is 10.1. The van der Waals surface area contributed by atoms with Gasteiger partial charge >= 0.3 is 6.18 Å². The standard InChI is InChI=1S/C19H19F3N2O2/c20-19(21,22)15-10-4-5-11-16(15)24-18(26)13-17(25)23-12-6-9-14-7-2-1-3-8-14/h1-5,7-8,10-11H,6,9,12-13H2,(H,23,25)(H,24,26). The molecule has 138 valence electrons. The van der Waals surface area contributed by atoms with E-state index in [0.29, 0.717) is 13.0 Å². The molecule has 2 rings (SSSR count). The normalized spacial score (nSPS) is 11.0. The van der Waals surface area contributed by atoms with Crippen LogP contribution in [0.2, 0.25) is 0 Å². The maximum atomic E-state index is 12.9. The van der Waals surface area contributed by atoms with Gasteiger partial charge in [0.1, 0.15) is 6.42 Å². The molecule has 0 bridgehead atoms. The van der Waals surface area contributed by atoms with Crippen molar-refractivity contribution >= 4 is 17.5 Å². The summed E-state index contributed by atoms with van der Waals surface area (Å²) in [6.45, 7) is 0.389. The fourth-order valence-electron chi connectivity index (χ4n) is 2.41. The second-order valence-electron chi connectivity index (χ2n) is 5.71. The van der Waals surface area contributed by atoms with Crippen molar-refractivity contribution in [3.8, 4) is 0 Å². The van der Waals surface area contributed by atoms with Crippen LogP contribution in [0, 0.1) is 0 Å². The van der Waals surface area contributed by atoms with Crippen molar-refractivity contribution in [1.29, 1.82) is 0 Å². The average Bonchev–Trinajstić information content (AvgIpc) is 2.59. The van der Waals surface area contributed by atoms with Gasteiger partial charge in [-0.05, 0) is 30.5 Å². The molecular formula is C19H19F3N2O2. The molecule has 0 aliphatic heterocycles. The summed E-state index contributed by atoms with van der Waals surface area (Å²) in [5, 5.41) is 4.74. The summed E-state index contributed by atoms with van der Waals surface area (Å²) in [6, 6.07) is 14.4. The van der Waals surface area contributed by atoms with Crippen molar-refractivity contribution in [3.63, 3.8) is 0 Å². The minimum atomic E-state index is -4.58. The molecule has 0 heterocycles. The predicted octanol–water partition coefficient (Wildman–Crippen LogP) is 3.78. The Morgan fingerprint density at radius 2 is 1.54 bits per heavy atom. The lowest BCUT2D eigenvalue weighted by molar-refractivity contribution is -0.137. The second-order valence-corrected chi connectivity index (χ2v) is 5.71. The number of hydrogen-bond donors (Lipinski definition) is 2. The lowest BCUT2D eigenvalue weighted by Crippen LogP contribution is -2.29. The summed E-state index contributed by atoms with van der Waals surface area (Å²) in [5.74, 6) is -1.32. The molecule has 0 spiro atoms. The molecule has 26 heavy (non-hydrogen) atoms. The first-order valence-corrected chi connectivity index (χ1v) is 8.13. The number of amides is 2. The van der Waals surface area contributed by atoms with Crippen molar-refractivity contribution < 1.29 is 22.8 Å². The molecule has 7 heteroatoms. The summed E-state index contributed by atoms with van der Waals surface area (Å²) in [5.41, 5.74) is -0.165. The molecule has 0 atom stereocenters. The summed E-state index contributed by atoms with van der Waals surface area (Å²) in [6.07, 6.45) is -3.62. The molecule has 2 aromatic rings. The Bertz CT molecular complexity index is 746. The Morgan fingerprint density at radius 3 is 2.23 bits per heavy atom. The maximum Gasteiger partial charge on any atom is 0.418 e. The van der Waals surface area contributed by atoms with Gasteiger partial charge in [0.2, 0.25) is 11.8 Å². The SMILES string of the molecule is O=C(CC(=O)Nc1ccccc1C(F)(F)F)NCCCc1ccccc1. The number of anilines is 1. The number of hydrogen-bond acceptors (Lipinski definition) is 2. The monoisotopic (exact) mass is 364 g/mol. The third kappa shape index (κ3) is 6.23. The van der Waals surface area contributed by atoms with Gasteiger partial charge in [-0.3, -0.25) is 9.59 Å². The largest absolute Gasteiger partial charge is 0.418 e. The first-order valence-electron chi connectivity index (χ1n) is 8.13. The average molecular weight is 364 g/mol. The van der Waals surface area contributed by atoms with Crippen LogP contribution in [0.15, 0.2) is 54.6 Å². The molecule has 0 saturated heterocycles. The number of halogens is 3. The fourth-order valence-corrected chi connectivity index (χ4v) is 2.41. The molecule has 2 N–H and O–H groups in total. The Morgan fingerprint density at radius 1 is 0.885 bits per heavy atom. The number of carbonyl (C=O) groups is 2. The number of alkyl halides is 3. The Labute approximate surface area is 149 Å². The number of para-hydroxylation sites is 1. The van der Waals surface area contributed by atoms with Crippen LogP contribution >= 0.6 is 0 Å². The van der Waals surface area contributed by atoms with Crippen LogP contribution in [0.3, 0.4) is 0 Å². The molecular weight excluding hydrogens is 345 g/mol. The van der Waals surface area contributed by atoms with Gasteiger partial charge in [0.15, 0.2) is 0 Å². The summed E-state index contributed by atoms with van der Waals surface area (Å²) >= 11 is 0. The van der Waals surface area contributed by atoms with E-state index in [4.69, 9.17) is 0 Å². The molecule has 2 aromatic carbocycles. The van der Waals surface area contributed by atoms with Crippen molar-refractivity contribution in [1.82, 2.24) is 5.32 Å². The quantitative estimate of drug-likeness (QED) is 0.580. The van der Waals surface area contributed by atoms with Crippen LogP contribution in [-0.4, -0.2) is 18.4 Å². The van der Waals surface area contributed by atoms with E-state index < -0.39 is 30.0 Å². The number of nitrogens with one attached hydrogen (secondary N) is 2. The highest BCUT2D eigenvalue weighted by Crippen LogP contribution is 2.34. The summed E-state index contributed by atoms with van der Waals surface area (Å²) in [7, 11) is 0. The van der Waals surface area contributed by atoms with E-state index in [-0.39, 0.29) is 5.69 Å². The Kier molecular flexibility index (Phi) is 6.77. The van der Waals surface area contributed by atoms with E-state index in [1.807, 2.05) is 30.3 Å². The zero-order chi connectivity index (χ0) is 19.0. The van der Waals surface area contributed by atoms with Crippen molar-refractivity contribution in [2.24, 2.45) is 0 Å². The Balaban J connectivity index is 1.76. The van der Waals surface area contributed by atoms with Crippen LogP contribution in [-0.2, 0) is 22.2 Å². The predicted molar refractivity (Wildman–Crippen MR) is 92.5 cm³/mol. The minimum Gasteiger partial charge on any atom is -0.356 e. The molecule has 0 unspecified atom stereocenters. The molecule has 0 fully saturated rings. The summed E-state index contributed by atoms with van der Waals surface area (Å²) < 4.78 is 38.6. The van der Waals surface area contributed by atoms with E-state index in [1.54, 1.807) is 0 Å². The second kappa shape index (κ2) is 9.03. The van der Waals surface area contributed by atoms with Crippen LogP contribution in [0.1, 0.15) is 24.0 Å². The zero-order valence-electron chi connectivity index (χ0n) is 14.0.